The van der Waals surface area contributed by atoms with E-state index in [1.807, 2.05) is 36.1 Å². The summed E-state index contributed by atoms with van der Waals surface area (Å²) in [4.78, 5) is 12.1. The van der Waals surface area contributed by atoms with Crippen molar-refractivity contribution in [2.45, 2.75) is 25.3 Å². The van der Waals surface area contributed by atoms with Gasteiger partial charge in [0.25, 0.3) is 0 Å². The maximum Gasteiger partial charge on any atom is 0.241 e. The largest absolute Gasteiger partial charge is 0.325 e. The molecule has 5 nitrogen and oxygen atoms in total. The quantitative estimate of drug-likeness (QED) is 0.861. The number of anilines is 1. The number of rotatable bonds is 2. The van der Waals surface area contributed by atoms with Gasteiger partial charge >= 0.3 is 0 Å². The van der Waals surface area contributed by atoms with Crippen LogP contribution in [0.15, 0.2) is 24.4 Å². The highest BCUT2D eigenvalue weighted by Gasteiger charge is 2.20. The minimum atomic E-state index is -0.0593. The van der Waals surface area contributed by atoms with Gasteiger partial charge in [0.05, 0.1) is 17.8 Å². The summed E-state index contributed by atoms with van der Waals surface area (Å²) in [5.41, 5.74) is 1.85. The number of piperidine rings is 1. The molecule has 2 heterocycles. The van der Waals surface area contributed by atoms with Gasteiger partial charge in [0.2, 0.25) is 5.91 Å². The molecule has 0 bridgehead atoms. The van der Waals surface area contributed by atoms with Gasteiger partial charge in [0.15, 0.2) is 0 Å². The Bertz CT molecular complexity index is 599. The summed E-state index contributed by atoms with van der Waals surface area (Å²) in [6.07, 6.45) is 5.01. The first-order chi connectivity index (χ1) is 9.24. The molecule has 0 radical (unpaired) electrons. The Balaban J connectivity index is 1.76. The third-order valence-electron chi connectivity index (χ3n) is 3.64. The minimum Gasteiger partial charge on any atom is -0.325 e. The molecule has 5 heteroatoms. The lowest BCUT2D eigenvalue weighted by Gasteiger charge is -2.22. The first-order valence-corrected chi connectivity index (χ1v) is 6.70. The van der Waals surface area contributed by atoms with Crippen molar-refractivity contribution in [3.63, 3.8) is 0 Å². The molecule has 1 amide bonds. The summed E-state index contributed by atoms with van der Waals surface area (Å²) >= 11 is 0. The SMILES string of the molecule is Cn1ncc2ccc(NC(=O)C3CCCCN3)cc21. The monoisotopic (exact) mass is 258 g/mol. The minimum absolute atomic E-state index is 0.0567. The molecule has 1 aromatic carbocycles. The molecule has 1 aliphatic rings. The number of nitrogens with zero attached hydrogens (tertiary/aromatic N) is 2. The zero-order valence-corrected chi connectivity index (χ0v) is 11.0. The molecule has 0 aliphatic carbocycles. The van der Waals surface area contributed by atoms with Gasteiger partial charge in [-0.05, 0) is 37.6 Å². The third-order valence-corrected chi connectivity index (χ3v) is 3.64. The Morgan fingerprint density at radius 1 is 1.47 bits per heavy atom. The number of fused-ring (bicyclic) bond motifs is 1. The van der Waals surface area contributed by atoms with Crippen LogP contribution in [0.4, 0.5) is 5.69 Å². The van der Waals surface area contributed by atoms with Crippen molar-refractivity contribution >= 4 is 22.5 Å². The Labute approximate surface area is 112 Å². The standard InChI is InChI=1S/C14H18N4O/c1-18-13-8-11(6-5-10(13)9-16-18)17-14(19)12-4-2-3-7-15-12/h5-6,8-9,12,15H,2-4,7H2,1H3,(H,17,19). The number of hydrogen-bond donors (Lipinski definition) is 2. The molecule has 1 unspecified atom stereocenters. The summed E-state index contributed by atoms with van der Waals surface area (Å²) in [6.45, 7) is 0.929. The molecule has 19 heavy (non-hydrogen) atoms. The van der Waals surface area contributed by atoms with Gasteiger partial charge in [0.1, 0.15) is 0 Å². The van der Waals surface area contributed by atoms with Crippen LogP contribution >= 0.6 is 0 Å². The zero-order valence-electron chi connectivity index (χ0n) is 11.0. The van der Waals surface area contributed by atoms with Crippen LogP contribution in [0.1, 0.15) is 19.3 Å². The fourth-order valence-corrected chi connectivity index (χ4v) is 2.53. The Hall–Kier alpha value is -1.88. The zero-order chi connectivity index (χ0) is 13.2. The topological polar surface area (TPSA) is 59.0 Å². The van der Waals surface area contributed by atoms with Crippen molar-refractivity contribution in [3.05, 3.63) is 24.4 Å². The summed E-state index contributed by atoms with van der Waals surface area (Å²) in [6, 6.07) is 5.80. The van der Waals surface area contributed by atoms with Gasteiger partial charge in [-0.1, -0.05) is 6.42 Å². The van der Waals surface area contributed by atoms with Crippen LogP contribution in [-0.4, -0.2) is 28.3 Å². The number of amides is 1. The molecule has 0 saturated carbocycles. The molecule has 1 saturated heterocycles. The van der Waals surface area contributed by atoms with Gasteiger partial charge in [-0.25, -0.2) is 0 Å². The lowest BCUT2D eigenvalue weighted by Crippen LogP contribution is -2.43. The molecule has 3 rings (SSSR count). The van der Waals surface area contributed by atoms with Crippen LogP contribution in [0.5, 0.6) is 0 Å². The molecule has 100 valence electrons. The average Bonchev–Trinajstić information content (AvgIpc) is 2.81. The molecule has 1 fully saturated rings. The van der Waals surface area contributed by atoms with Crippen molar-refractivity contribution < 1.29 is 4.79 Å². The van der Waals surface area contributed by atoms with E-state index in [1.165, 1.54) is 0 Å². The molecular weight excluding hydrogens is 240 g/mol. The lowest BCUT2D eigenvalue weighted by molar-refractivity contribution is -0.118. The fourth-order valence-electron chi connectivity index (χ4n) is 2.53. The fraction of sp³-hybridized carbons (Fsp3) is 0.429. The normalized spacial score (nSPS) is 19.5. The van der Waals surface area contributed by atoms with Crippen LogP contribution in [0.2, 0.25) is 0 Å². The predicted octanol–water partition coefficient (Wildman–Crippen LogP) is 1.65. The molecule has 0 spiro atoms. The number of nitrogens with one attached hydrogen (secondary N) is 2. The smallest absolute Gasteiger partial charge is 0.241 e. The Morgan fingerprint density at radius 3 is 3.16 bits per heavy atom. The number of benzene rings is 1. The van der Waals surface area contributed by atoms with E-state index in [1.54, 1.807) is 0 Å². The highest BCUT2D eigenvalue weighted by atomic mass is 16.2. The number of carbonyl (C=O) groups is 1. The summed E-state index contributed by atoms with van der Waals surface area (Å²) in [7, 11) is 1.90. The molecule has 2 aromatic rings. The van der Waals surface area contributed by atoms with E-state index in [2.05, 4.69) is 15.7 Å². The predicted molar refractivity (Wildman–Crippen MR) is 75.0 cm³/mol. The summed E-state index contributed by atoms with van der Waals surface area (Å²) in [5.74, 6) is 0.0567. The summed E-state index contributed by atoms with van der Waals surface area (Å²) < 4.78 is 1.81. The summed E-state index contributed by atoms with van der Waals surface area (Å²) in [5, 5.41) is 11.5. The van der Waals surface area contributed by atoms with E-state index in [4.69, 9.17) is 0 Å². The second-order valence-electron chi connectivity index (χ2n) is 5.03. The molecule has 1 aliphatic heterocycles. The van der Waals surface area contributed by atoms with E-state index in [-0.39, 0.29) is 11.9 Å². The third kappa shape index (κ3) is 2.46. The van der Waals surface area contributed by atoms with E-state index < -0.39 is 0 Å². The van der Waals surface area contributed by atoms with E-state index in [9.17, 15) is 4.79 Å². The number of aromatic nitrogens is 2. The van der Waals surface area contributed by atoms with Gasteiger partial charge in [-0.2, -0.15) is 5.10 Å². The van der Waals surface area contributed by atoms with Crippen molar-refractivity contribution in [3.8, 4) is 0 Å². The van der Waals surface area contributed by atoms with Crippen molar-refractivity contribution in [1.29, 1.82) is 0 Å². The second kappa shape index (κ2) is 5.01. The number of hydrogen-bond acceptors (Lipinski definition) is 3. The molecule has 1 aromatic heterocycles. The van der Waals surface area contributed by atoms with Crippen molar-refractivity contribution in [1.82, 2.24) is 15.1 Å². The average molecular weight is 258 g/mol. The van der Waals surface area contributed by atoms with Crippen LogP contribution in [0, 0.1) is 0 Å². The highest BCUT2D eigenvalue weighted by molar-refractivity contribution is 5.96. The van der Waals surface area contributed by atoms with E-state index in [0.29, 0.717) is 0 Å². The second-order valence-corrected chi connectivity index (χ2v) is 5.03. The lowest BCUT2D eigenvalue weighted by atomic mass is 10.0. The number of carbonyl (C=O) groups excluding carboxylic acids is 1. The Kier molecular flexibility index (Phi) is 3.21. The highest BCUT2D eigenvalue weighted by Crippen LogP contribution is 2.19. The van der Waals surface area contributed by atoms with Crippen LogP contribution in [-0.2, 0) is 11.8 Å². The van der Waals surface area contributed by atoms with Crippen molar-refractivity contribution in [2.75, 3.05) is 11.9 Å². The molecular formula is C14H18N4O. The van der Waals surface area contributed by atoms with Gasteiger partial charge < -0.3 is 10.6 Å². The van der Waals surface area contributed by atoms with E-state index in [0.717, 1.165) is 42.4 Å². The Morgan fingerprint density at radius 2 is 2.37 bits per heavy atom. The molecule has 2 N–H and O–H groups in total. The van der Waals surface area contributed by atoms with E-state index >= 15 is 0 Å². The van der Waals surface area contributed by atoms with Gasteiger partial charge in [0, 0.05) is 18.1 Å². The maximum atomic E-state index is 12.1. The maximum absolute atomic E-state index is 12.1. The first-order valence-electron chi connectivity index (χ1n) is 6.70. The van der Waals surface area contributed by atoms with Crippen LogP contribution in [0.3, 0.4) is 0 Å². The van der Waals surface area contributed by atoms with Crippen LogP contribution in [0.25, 0.3) is 10.9 Å². The number of aryl methyl sites for hydroxylation is 1. The van der Waals surface area contributed by atoms with Crippen LogP contribution < -0.4 is 10.6 Å². The van der Waals surface area contributed by atoms with Gasteiger partial charge in [-0.15, -0.1) is 0 Å². The molecule has 1 atom stereocenters. The van der Waals surface area contributed by atoms with Crippen molar-refractivity contribution in [2.24, 2.45) is 7.05 Å². The first kappa shape index (κ1) is 12.2. The van der Waals surface area contributed by atoms with Gasteiger partial charge in [-0.3, -0.25) is 9.48 Å².